The van der Waals surface area contributed by atoms with E-state index in [1.807, 2.05) is 0 Å². The molecule has 0 bridgehead atoms. The van der Waals surface area contributed by atoms with Crippen molar-refractivity contribution in [1.29, 1.82) is 0 Å². The third-order valence-corrected chi connectivity index (χ3v) is 1.53. The standard InChI is InChI=1S/C8H10N2O3/c1-9(11)6-7-3-2-4-8(5-7)10(12)13/h2-5,11H,6H2,1H3. The molecule has 0 aliphatic rings. The Morgan fingerprint density at radius 3 is 2.85 bits per heavy atom. The smallest absolute Gasteiger partial charge is 0.269 e. The average Bonchev–Trinajstić information content (AvgIpc) is 2.03. The predicted molar refractivity (Wildman–Crippen MR) is 46.3 cm³/mol. The van der Waals surface area contributed by atoms with Gasteiger partial charge in [0.2, 0.25) is 0 Å². The van der Waals surface area contributed by atoms with Crippen LogP contribution < -0.4 is 0 Å². The van der Waals surface area contributed by atoms with E-state index in [9.17, 15) is 10.1 Å². The maximum absolute atomic E-state index is 10.4. The Morgan fingerprint density at radius 2 is 2.31 bits per heavy atom. The Morgan fingerprint density at radius 1 is 1.62 bits per heavy atom. The fourth-order valence-corrected chi connectivity index (χ4v) is 1.03. The molecule has 5 heteroatoms. The van der Waals surface area contributed by atoms with E-state index in [1.54, 1.807) is 12.1 Å². The number of nitro benzene ring substituents is 1. The Balaban J connectivity index is 2.85. The van der Waals surface area contributed by atoms with Crippen molar-refractivity contribution in [2.75, 3.05) is 7.05 Å². The molecule has 0 unspecified atom stereocenters. The van der Waals surface area contributed by atoms with Gasteiger partial charge in [0, 0.05) is 25.7 Å². The summed E-state index contributed by atoms with van der Waals surface area (Å²) >= 11 is 0. The molecule has 0 aromatic heterocycles. The van der Waals surface area contributed by atoms with Crippen LogP contribution in [0.25, 0.3) is 0 Å². The van der Waals surface area contributed by atoms with Gasteiger partial charge in [0.1, 0.15) is 0 Å². The molecule has 1 rings (SSSR count). The SMILES string of the molecule is CN(O)Cc1cccc([N+](=O)[O-])c1. The number of benzene rings is 1. The van der Waals surface area contributed by atoms with E-state index in [4.69, 9.17) is 5.21 Å². The molecule has 1 aromatic rings. The van der Waals surface area contributed by atoms with Crippen LogP contribution in [0.15, 0.2) is 24.3 Å². The van der Waals surface area contributed by atoms with Crippen LogP contribution in [0.3, 0.4) is 0 Å². The molecule has 0 radical (unpaired) electrons. The molecule has 1 aromatic carbocycles. The van der Waals surface area contributed by atoms with Gasteiger partial charge in [-0.25, -0.2) is 0 Å². The zero-order valence-electron chi connectivity index (χ0n) is 7.17. The van der Waals surface area contributed by atoms with Crippen LogP contribution in [0.2, 0.25) is 0 Å². The monoisotopic (exact) mass is 182 g/mol. The predicted octanol–water partition coefficient (Wildman–Crippen LogP) is 1.42. The van der Waals surface area contributed by atoms with Crippen LogP contribution >= 0.6 is 0 Å². The molecule has 0 spiro atoms. The molecule has 70 valence electrons. The molecule has 13 heavy (non-hydrogen) atoms. The average molecular weight is 182 g/mol. The zero-order valence-corrected chi connectivity index (χ0v) is 7.17. The van der Waals surface area contributed by atoms with Crippen molar-refractivity contribution in [3.63, 3.8) is 0 Å². The van der Waals surface area contributed by atoms with Crippen molar-refractivity contribution in [1.82, 2.24) is 5.06 Å². The molecule has 0 aliphatic heterocycles. The van der Waals surface area contributed by atoms with Crippen LogP contribution in [0.4, 0.5) is 5.69 Å². The van der Waals surface area contributed by atoms with Gasteiger partial charge in [-0.15, -0.1) is 0 Å². The molecular weight excluding hydrogens is 172 g/mol. The highest BCUT2D eigenvalue weighted by molar-refractivity contribution is 5.34. The van der Waals surface area contributed by atoms with Crippen molar-refractivity contribution in [2.45, 2.75) is 6.54 Å². The summed E-state index contributed by atoms with van der Waals surface area (Å²) in [7, 11) is 1.48. The van der Waals surface area contributed by atoms with Gasteiger partial charge in [0.15, 0.2) is 0 Å². The largest absolute Gasteiger partial charge is 0.314 e. The number of rotatable bonds is 3. The first-order chi connectivity index (χ1) is 6.09. The van der Waals surface area contributed by atoms with Crippen molar-refractivity contribution in [3.05, 3.63) is 39.9 Å². The number of nitrogens with zero attached hydrogens (tertiary/aromatic N) is 2. The molecule has 0 heterocycles. The molecule has 5 nitrogen and oxygen atoms in total. The van der Waals surface area contributed by atoms with Gasteiger partial charge in [0.05, 0.1) is 4.92 Å². The summed E-state index contributed by atoms with van der Waals surface area (Å²) in [6, 6.07) is 6.17. The lowest BCUT2D eigenvalue weighted by atomic mass is 10.2. The fraction of sp³-hybridized carbons (Fsp3) is 0.250. The van der Waals surface area contributed by atoms with Crippen LogP contribution in [0, 0.1) is 10.1 Å². The van der Waals surface area contributed by atoms with Crippen LogP contribution in [-0.2, 0) is 6.54 Å². The normalized spacial score (nSPS) is 10.4. The Hall–Kier alpha value is -1.46. The van der Waals surface area contributed by atoms with Crippen LogP contribution in [0.1, 0.15) is 5.56 Å². The Labute approximate surface area is 75.3 Å². The third-order valence-electron chi connectivity index (χ3n) is 1.53. The highest BCUT2D eigenvalue weighted by Gasteiger charge is 2.05. The summed E-state index contributed by atoms with van der Waals surface area (Å²) in [6.07, 6.45) is 0. The summed E-state index contributed by atoms with van der Waals surface area (Å²) in [5.41, 5.74) is 0.749. The third kappa shape index (κ3) is 2.81. The second-order valence-electron chi connectivity index (χ2n) is 2.74. The van der Waals surface area contributed by atoms with Gasteiger partial charge in [-0.2, -0.15) is 5.06 Å². The second kappa shape index (κ2) is 3.97. The lowest BCUT2D eigenvalue weighted by Crippen LogP contribution is -2.11. The Bertz CT molecular complexity index is 312. The number of hydrogen-bond donors (Lipinski definition) is 1. The van der Waals surface area contributed by atoms with Gasteiger partial charge in [-0.05, 0) is 5.56 Å². The van der Waals surface area contributed by atoms with Crippen molar-refractivity contribution < 1.29 is 10.1 Å². The van der Waals surface area contributed by atoms with Gasteiger partial charge in [-0.3, -0.25) is 10.1 Å². The first kappa shape index (κ1) is 9.63. The second-order valence-corrected chi connectivity index (χ2v) is 2.74. The number of hydrogen-bond acceptors (Lipinski definition) is 4. The summed E-state index contributed by atoms with van der Waals surface area (Å²) in [6.45, 7) is 0.279. The molecule has 0 saturated carbocycles. The van der Waals surface area contributed by atoms with Crippen molar-refractivity contribution in [2.24, 2.45) is 0 Å². The summed E-state index contributed by atoms with van der Waals surface area (Å²) < 4.78 is 0. The van der Waals surface area contributed by atoms with Gasteiger partial charge >= 0.3 is 0 Å². The van der Waals surface area contributed by atoms with Gasteiger partial charge in [-0.1, -0.05) is 12.1 Å². The molecular formula is C8H10N2O3. The Kier molecular flexibility index (Phi) is 2.94. The van der Waals surface area contributed by atoms with E-state index >= 15 is 0 Å². The van der Waals surface area contributed by atoms with E-state index in [0.29, 0.717) is 5.56 Å². The van der Waals surface area contributed by atoms with Gasteiger partial charge < -0.3 is 5.21 Å². The van der Waals surface area contributed by atoms with E-state index < -0.39 is 4.92 Å². The topological polar surface area (TPSA) is 66.6 Å². The first-order valence-electron chi connectivity index (χ1n) is 3.73. The highest BCUT2D eigenvalue weighted by Crippen LogP contribution is 2.13. The maximum atomic E-state index is 10.4. The van der Waals surface area contributed by atoms with Crippen molar-refractivity contribution >= 4 is 5.69 Å². The van der Waals surface area contributed by atoms with E-state index in [-0.39, 0.29) is 12.2 Å². The minimum absolute atomic E-state index is 0.0411. The van der Waals surface area contributed by atoms with E-state index in [2.05, 4.69) is 0 Å². The molecule has 0 saturated heterocycles. The van der Waals surface area contributed by atoms with Crippen molar-refractivity contribution in [3.8, 4) is 0 Å². The minimum Gasteiger partial charge on any atom is -0.314 e. The number of non-ortho nitro benzene ring substituents is 1. The van der Waals surface area contributed by atoms with E-state index in [0.717, 1.165) is 5.06 Å². The lowest BCUT2D eigenvalue weighted by Gasteiger charge is -2.06. The molecule has 0 fully saturated rings. The summed E-state index contributed by atoms with van der Waals surface area (Å²) in [5, 5.41) is 20.2. The van der Waals surface area contributed by atoms with Crippen LogP contribution in [0.5, 0.6) is 0 Å². The minimum atomic E-state index is -0.457. The summed E-state index contributed by atoms with van der Waals surface area (Å²) in [5.74, 6) is 0. The van der Waals surface area contributed by atoms with Crippen LogP contribution in [-0.4, -0.2) is 22.2 Å². The first-order valence-corrected chi connectivity index (χ1v) is 3.73. The number of nitro groups is 1. The number of hydroxylamine groups is 2. The lowest BCUT2D eigenvalue weighted by molar-refractivity contribution is -0.384. The maximum Gasteiger partial charge on any atom is 0.269 e. The molecule has 0 amide bonds. The summed E-state index contributed by atoms with van der Waals surface area (Å²) in [4.78, 5) is 9.91. The quantitative estimate of drug-likeness (QED) is 0.567. The molecule has 0 aliphatic carbocycles. The molecule has 0 atom stereocenters. The highest BCUT2D eigenvalue weighted by atomic mass is 16.6. The van der Waals surface area contributed by atoms with E-state index in [1.165, 1.54) is 19.2 Å². The molecule has 1 N–H and O–H groups in total. The fourth-order valence-electron chi connectivity index (χ4n) is 1.03. The van der Waals surface area contributed by atoms with Gasteiger partial charge in [0.25, 0.3) is 5.69 Å². The zero-order chi connectivity index (χ0) is 9.84.